The lowest BCUT2D eigenvalue weighted by molar-refractivity contribution is -0.138. The summed E-state index contributed by atoms with van der Waals surface area (Å²) >= 11 is 2.85. The fourth-order valence-electron chi connectivity index (χ4n) is 1.33. The van der Waals surface area contributed by atoms with Crippen LogP contribution in [0.5, 0.6) is 0 Å². The monoisotopic (exact) mass is 321 g/mol. The highest BCUT2D eigenvalue weighted by Crippen LogP contribution is 2.37. The maximum Gasteiger partial charge on any atom is 0.417 e. The molecule has 0 aliphatic rings. The summed E-state index contributed by atoms with van der Waals surface area (Å²) in [5, 5.41) is 3.52. The molecule has 0 atom stereocenters. The molecule has 0 spiro atoms. The lowest BCUT2D eigenvalue weighted by Crippen LogP contribution is -2.06. The normalized spacial score (nSPS) is 11.8. The molecule has 1 aromatic heterocycles. The molecule has 8 heteroatoms. The van der Waals surface area contributed by atoms with Gasteiger partial charge >= 0.3 is 6.18 Å². The van der Waals surface area contributed by atoms with Gasteiger partial charge in [-0.2, -0.15) is 18.2 Å². The predicted octanol–water partition coefficient (Wildman–Crippen LogP) is 2.98. The molecule has 0 aliphatic heterocycles. The fraction of sp³-hybridized carbons (Fsp3) is 0.200. The van der Waals surface area contributed by atoms with Crippen molar-refractivity contribution >= 4 is 15.9 Å². The number of hydrogen-bond donors (Lipinski definition) is 1. The third-order valence-electron chi connectivity index (χ3n) is 2.17. The first-order valence-electron chi connectivity index (χ1n) is 4.81. The van der Waals surface area contributed by atoms with Crippen molar-refractivity contribution in [1.29, 1.82) is 0 Å². The molecule has 4 nitrogen and oxygen atoms in total. The average Bonchev–Trinajstić information content (AvgIpc) is 2.76. The minimum atomic E-state index is -4.45. The van der Waals surface area contributed by atoms with Crippen LogP contribution in [0.25, 0.3) is 11.5 Å². The van der Waals surface area contributed by atoms with Gasteiger partial charge in [-0.3, -0.25) is 0 Å². The van der Waals surface area contributed by atoms with Crippen molar-refractivity contribution in [2.24, 2.45) is 5.73 Å². The molecular weight excluding hydrogens is 315 g/mol. The highest BCUT2D eigenvalue weighted by Gasteiger charge is 2.33. The van der Waals surface area contributed by atoms with Gasteiger partial charge in [-0.15, -0.1) is 0 Å². The third kappa shape index (κ3) is 2.54. The highest BCUT2D eigenvalue weighted by molar-refractivity contribution is 9.10. The first kappa shape index (κ1) is 13.0. The largest absolute Gasteiger partial charge is 0.417 e. The van der Waals surface area contributed by atoms with E-state index < -0.39 is 11.7 Å². The summed E-state index contributed by atoms with van der Waals surface area (Å²) in [7, 11) is 0. The van der Waals surface area contributed by atoms with Gasteiger partial charge in [0.15, 0.2) is 5.82 Å². The van der Waals surface area contributed by atoms with Gasteiger partial charge in [0.05, 0.1) is 12.1 Å². The summed E-state index contributed by atoms with van der Waals surface area (Å²) in [5.41, 5.74) is 4.69. The lowest BCUT2D eigenvalue weighted by Gasteiger charge is -2.09. The average molecular weight is 322 g/mol. The van der Waals surface area contributed by atoms with E-state index in [9.17, 15) is 13.2 Å². The molecule has 0 radical (unpaired) electrons. The molecule has 0 fully saturated rings. The third-order valence-corrected chi connectivity index (χ3v) is 2.86. The van der Waals surface area contributed by atoms with Crippen LogP contribution >= 0.6 is 15.9 Å². The molecule has 2 N–H and O–H groups in total. The summed E-state index contributed by atoms with van der Waals surface area (Å²) in [6.07, 6.45) is -4.45. The zero-order valence-corrected chi connectivity index (χ0v) is 10.4. The van der Waals surface area contributed by atoms with E-state index in [1.807, 2.05) is 0 Å². The Morgan fingerprint density at radius 1 is 1.33 bits per heavy atom. The van der Waals surface area contributed by atoms with Crippen LogP contribution in [-0.2, 0) is 12.7 Å². The Kier molecular flexibility index (Phi) is 3.40. The summed E-state index contributed by atoms with van der Waals surface area (Å²) in [6, 6.07) is 3.68. The number of alkyl halides is 3. The fourth-order valence-corrected chi connectivity index (χ4v) is 1.80. The van der Waals surface area contributed by atoms with Crippen LogP contribution in [0, 0.1) is 0 Å². The molecule has 0 unspecified atom stereocenters. The second-order valence-corrected chi connectivity index (χ2v) is 4.27. The van der Waals surface area contributed by atoms with Crippen molar-refractivity contribution in [1.82, 2.24) is 10.1 Å². The molecule has 2 aromatic rings. The summed E-state index contributed by atoms with van der Waals surface area (Å²) in [5.74, 6) is 0.245. The molecule has 0 amide bonds. The molecule has 0 aliphatic carbocycles. The Balaban J connectivity index is 2.47. The van der Waals surface area contributed by atoms with E-state index in [1.165, 1.54) is 12.1 Å². The standard InChI is InChI=1S/C10H7BrF3N3O/c11-7-2-1-5(3-6(7)10(12,13)14)9-16-8(4-15)17-18-9/h1-3H,4,15H2. The van der Waals surface area contributed by atoms with Crippen molar-refractivity contribution in [3.63, 3.8) is 0 Å². The van der Waals surface area contributed by atoms with Crippen LogP contribution in [0.1, 0.15) is 11.4 Å². The van der Waals surface area contributed by atoms with E-state index in [1.54, 1.807) is 0 Å². The smallest absolute Gasteiger partial charge is 0.334 e. The molecule has 0 saturated carbocycles. The molecule has 1 heterocycles. The number of rotatable bonds is 2. The first-order valence-corrected chi connectivity index (χ1v) is 5.61. The van der Waals surface area contributed by atoms with Gasteiger partial charge in [-0.05, 0) is 18.2 Å². The van der Waals surface area contributed by atoms with E-state index >= 15 is 0 Å². The second-order valence-electron chi connectivity index (χ2n) is 3.41. The Hall–Kier alpha value is -1.41. The maximum atomic E-state index is 12.7. The maximum absolute atomic E-state index is 12.7. The van der Waals surface area contributed by atoms with E-state index in [0.717, 1.165) is 6.07 Å². The van der Waals surface area contributed by atoms with Crippen LogP contribution < -0.4 is 5.73 Å². The molecule has 1 aromatic carbocycles. The van der Waals surface area contributed by atoms with E-state index in [4.69, 9.17) is 10.3 Å². The van der Waals surface area contributed by atoms with E-state index in [-0.39, 0.29) is 28.3 Å². The Bertz CT molecular complexity index is 568. The van der Waals surface area contributed by atoms with Crippen LogP contribution in [0.3, 0.4) is 0 Å². The molecule has 96 valence electrons. The Morgan fingerprint density at radius 3 is 2.61 bits per heavy atom. The summed E-state index contributed by atoms with van der Waals surface area (Å²) in [4.78, 5) is 3.87. The number of halogens is 4. The molecular formula is C10H7BrF3N3O. The van der Waals surface area contributed by atoms with Crippen LogP contribution in [0.15, 0.2) is 27.2 Å². The number of hydrogen-bond acceptors (Lipinski definition) is 4. The first-order chi connectivity index (χ1) is 8.41. The number of aromatic nitrogens is 2. The van der Waals surface area contributed by atoms with E-state index in [2.05, 4.69) is 26.1 Å². The van der Waals surface area contributed by atoms with Gasteiger partial charge in [-0.25, -0.2) is 0 Å². The lowest BCUT2D eigenvalue weighted by atomic mass is 10.1. The molecule has 2 rings (SSSR count). The number of nitrogens with two attached hydrogens (primary N) is 1. The molecule has 0 bridgehead atoms. The van der Waals surface area contributed by atoms with Crippen molar-refractivity contribution < 1.29 is 17.7 Å². The van der Waals surface area contributed by atoms with Crippen molar-refractivity contribution in [3.8, 4) is 11.5 Å². The number of benzene rings is 1. The Labute approximate surface area is 108 Å². The van der Waals surface area contributed by atoms with Gasteiger partial charge in [0.1, 0.15) is 0 Å². The minimum Gasteiger partial charge on any atom is -0.334 e. The van der Waals surface area contributed by atoms with Crippen molar-refractivity contribution in [2.45, 2.75) is 12.7 Å². The zero-order chi connectivity index (χ0) is 13.3. The SMILES string of the molecule is NCc1noc(-c2ccc(Br)c(C(F)(F)F)c2)n1. The molecule has 0 saturated heterocycles. The van der Waals surface area contributed by atoms with Crippen LogP contribution in [-0.4, -0.2) is 10.1 Å². The van der Waals surface area contributed by atoms with Crippen LogP contribution in [0.4, 0.5) is 13.2 Å². The van der Waals surface area contributed by atoms with Crippen molar-refractivity contribution in [2.75, 3.05) is 0 Å². The minimum absolute atomic E-state index is 0.00782. The predicted molar refractivity (Wildman–Crippen MR) is 60.3 cm³/mol. The zero-order valence-electron chi connectivity index (χ0n) is 8.83. The summed E-state index contributed by atoms with van der Waals surface area (Å²) < 4.78 is 42.9. The number of nitrogens with zero attached hydrogens (tertiary/aromatic N) is 2. The Morgan fingerprint density at radius 2 is 2.06 bits per heavy atom. The summed E-state index contributed by atoms with van der Waals surface area (Å²) in [6.45, 7) is 0.0617. The van der Waals surface area contributed by atoms with Gasteiger partial charge in [0.25, 0.3) is 5.89 Å². The molecule has 18 heavy (non-hydrogen) atoms. The van der Waals surface area contributed by atoms with E-state index in [0.29, 0.717) is 0 Å². The second kappa shape index (κ2) is 4.69. The van der Waals surface area contributed by atoms with Gasteiger partial charge in [0.2, 0.25) is 0 Å². The highest BCUT2D eigenvalue weighted by atomic mass is 79.9. The van der Waals surface area contributed by atoms with Gasteiger partial charge in [0, 0.05) is 10.0 Å². The van der Waals surface area contributed by atoms with Crippen molar-refractivity contribution in [3.05, 3.63) is 34.1 Å². The quantitative estimate of drug-likeness (QED) is 0.923. The topological polar surface area (TPSA) is 64.9 Å². The van der Waals surface area contributed by atoms with Gasteiger partial charge < -0.3 is 10.3 Å². The van der Waals surface area contributed by atoms with Gasteiger partial charge in [-0.1, -0.05) is 21.1 Å². The van der Waals surface area contributed by atoms with Crippen LogP contribution in [0.2, 0.25) is 0 Å².